The molecule has 14 heteroatoms. The smallest absolute Gasteiger partial charge is 0.220 e. The van der Waals surface area contributed by atoms with E-state index in [0.717, 1.165) is 70.6 Å². The van der Waals surface area contributed by atoms with Crippen LogP contribution in [0.1, 0.15) is 142 Å². The molecule has 12 atom stereocenters. The Morgan fingerprint density at radius 1 is 0.544 bits per heavy atom. The van der Waals surface area contributed by atoms with Crippen molar-refractivity contribution in [2.45, 2.75) is 216 Å². The maximum Gasteiger partial charge on any atom is 0.220 e. The monoisotopic (exact) mass is 960 g/mol. The molecule has 9 N–H and O–H groups in total. The highest BCUT2D eigenvalue weighted by molar-refractivity contribution is 5.76. The van der Waals surface area contributed by atoms with Crippen LogP contribution in [0.2, 0.25) is 0 Å². The van der Waals surface area contributed by atoms with Gasteiger partial charge in [0.1, 0.15) is 48.8 Å². The van der Waals surface area contributed by atoms with E-state index in [1.54, 1.807) is 6.08 Å². The molecule has 2 aliphatic rings. The van der Waals surface area contributed by atoms with Crippen molar-refractivity contribution in [3.63, 3.8) is 0 Å². The minimum Gasteiger partial charge on any atom is -0.394 e. The summed E-state index contributed by atoms with van der Waals surface area (Å²) in [5.74, 6) is -0.304. The van der Waals surface area contributed by atoms with E-state index in [9.17, 15) is 45.6 Å². The molecule has 0 saturated carbocycles. The Kier molecular flexibility index (Phi) is 35.6. The first-order valence-electron chi connectivity index (χ1n) is 25.5. The predicted octanol–water partition coefficient (Wildman–Crippen LogP) is 6.76. The molecular formula is C54H89NO13. The quantitative estimate of drug-likeness (QED) is 0.0232. The maximum absolute atomic E-state index is 13.1. The van der Waals surface area contributed by atoms with E-state index in [1.165, 1.54) is 38.5 Å². The summed E-state index contributed by atoms with van der Waals surface area (Å²) in [6, 6.07) is -0.950. The molecular weight excluding hydrogens is 871 g/mol. The van der Waals surface area contributed by atoms with Gasteiger partial charge in [-0.2, -0.15) is 0 Å². The van der Waals surface area contributed by atoms with Crippen molar-refractivity contribution in [2.75, 3.05) is 19.8 Å². The van der Waals surface area contributed by atoms with Gasteiger partial charge < -0.3 is 65.1 Å². The number of carbonyl (C=O) groups excluding carboxylic acids is 1. The molecule has 0 aromatic heterocycles. The van der Waals surface area contributed by atoms with E-state index in [1.807, 2.05) is 12.2 Å². The Morgan fingerprint density at radius 2 is 1.01 bits per heavy atom. The number of unbranched alkanes of at least 4 members (excludes halogenated alkanes) is 10. The molecule has 0 aromatic carbocycles. The van der Waals surface area contributed by atoms with Crippen molar-refractivity contribution in [1.29, 1.82) is 0 Å². The first kappa shape index (κ1) is 61.0. The largest absolute Gasteiger partial charge is 0.394 e. The summed E-state index contributed by atoms with van der Waals surface area (Å²) in [6.45, 7) is 2.58. The highest BCUT2D eigenvalue weighted by Crippen LogP contribution is 2.30. The zero-order valence-electron chi connectivity index (χ0n) is 41.0. The number of ether oxygens (including phenoxy) is 4. The Balaban J connectivity index is 1.85. The number of allylic oxidation sites excluding steroid dienone is 15. The molecule has 0 spiro atoms. The zero-order chi connectivity index (χ0) is 49.6. The lowest BCUT2D eigenvalue weighted by Gasteiger charge is -2.46. The topological polar surface area (TPSA) is 228 Å². The van der Waals surface area contributed by atoms with Gasteiger partial charge in [-0.05, 0) is 70.6 Å². The Morgan fingerprint density at radius 3 is 1.54 bits per heavy atom. The fourth-order valence-electron chi connectivity index (χ4n) is 7.63. The number of amides is 1. The molecule has 14 nitrogen and oxygen atoms in total. The lowest BCUT2D eigenvalue weighted by Crippen LogP contribution is -2.65. The van der Waals surface area contributed by atoms with Crippen molar-refractivity contribution < 1.29 is 64.6 Å². The number of hydrogen-bond acceptors (Lipinski definition) is 13. The van der Waals surface area contributed by atoms with Gasteiger partial charge in [0.05, 0.1) is 32.0 Å². The average Bonchev–Trinajstić information content (AvgIpc) is 3.34. The first-order valence-corrected chi connectivity index (χ1v) is 25.5. The first-order chi connectivity index (χ1) is 33.1. The number of carbonyl (C=O) groups is 1. The number of aliphatic hydroxyl groups is 8. The second kappa shape index (κ2) is 39.6. The SMILES string of the molecule is CC/C=C\C/C=C\C/C=C\C/C=C\C/C=C\C/C=C\C/C=C\CCCC(=O)NC(COC1OC(CO)C(OC2OC(CO)C(O)C(O)C2O)C(O)C1O)C(O)/C=C/CCCCCCCCCCC. The number of rotatable bonds is 37. The van der Waals surface area contributed by atoms with Crippen LogP contribution in [-0.4, -0.2) is 140 Å². The van der Waals surface area contributed by atoms with Gasteiger partial charge in [-0.3, -0.25) is 4.79 Å². The van der Waals surface area contributed by atoms with Crippen LogP contribution in [0.4, 0.5) is 0 Å². The van der Waals surface area contributed by atoms with Crippen LogP contribution < -0.4 is 5.32 Å². The van der Waals surface area contributed by atoms with E-state index in [4.69, 9.17) is 18.9 Å². The van der Waals surface area contributed by atoms with Gasteiger partial charge >= 0.3 is 0 Å². The van der Waals surface area contributed by atoms with E-state index in [-0.39, 0.29) is 18.9 Å². The third-order valence-electron chi connectivity index (χ3n) is 11.8. The fraction of sp³-hybridized carbons (Fsp3) is 0.685. The van der Waals surface area contributed by atoms with Crippen LogP contribution in [0.3, 0.4) is 0 Å². The van der Waals surface area contributed by atoms with E-state index in [2.05, 4.69) is 98.2 Å². The van der Waals surface area contributed by atoms with Crippen molar-refractivity contribution in [3.05, 3.63) is 97.2 Å². The molecule has 12 unspecified atom stereocenters. The van der Waals surface area contributed by atoms with Gasteiger partial charge in [0.25, 0.3) is 0 Å². The molecule has 388 valence electrons. The molecule has 2 aliphatic heterocycles. The van der Waals surface area contributed by atoms with Gasteiger partial charge in [0.15, 0.2) is 12.6 Å². The van der Waals surface area contributed by atoms with Gasteiger partial charge in [0, 0.05) is 6.42 Å². The fourth-order valence-corrected chi connectivity index (χ4v) is 7.63. The van der Waals surface area contributed by atoms with E-state index >= 15 is 0 Å². The molecule has 2 saturated heterocycles. The normalized spacial score (nSPS) is 27.2. The van der Waals surface area contributed by atoms with Crippen LogP contribution >= 0.6 is 0 Å². The molecule has 68 heavy (non-hydrogen) atoms. The summed E-state index contributed by atoms with van der Waals surface area (Å²) in [6.07, 6.45) is 36.0. The van der Waals surface area contributed by atoms with Crippen molar-refractivity contribution in [3.8, 4) is 0 Å². The lowest BCUT2D eigenvalue weighted by atomic mass is 9.97. The maximum atomic E-state index is 13.1. The number of nitrogens with one attached hydrogen (secondary N) is 1. The van der Waals surface area contributed by atoms with Gasteiger partial charge in [-0.25, -0.2) is 0 Å². The lowest BCUT2D eigenvalue weighted by molar-refractivity contribution is -0.359. The minimum atomic E-state index is -1.80. The summed E-state index contributed by atoms with van der Waals surface area (Å²) in [7, 11) is 0. The highest BCUT2D eigenvalue weighted by Gasteiger charge is 2.51. The molecule has 2 rings (SSSR count). The molecule has 1 amide bonds. The zero-order valence-corrected chi connectivity index (χ0v) is 41.0. The third-order valence-corrected chi connectivity index (χ3v) is 11.8. The number of aliphatic hydroxyl groups excluding tert-OH is 8. The molecule has 0 aliphatic carbocycles. The molecule has 2 fully saturated rings. The van der Waals surface area contributed by atoms with Crippen molar-refractivity contribution in [2.24, 2.45) is 0 Å². The van der Waals surface area contributed by atoms with Crippen LogP contribution in [0.25, 0.3) is 0 Å². The van der Waals surface area contributed by atoms with Gasteiger partial charge in [-0.15, -0.1) is 0 Å². The van der Waals surface area contributed by atoms with Crippen molar-refractivity contribution >= 4 is 5.91 Å². The highest BCUT2D eigenvalue weighted by atomic mass is 16.7. The van der Waals surface area contributed by atoms with Crippen LogP contribution in [-0.2, 0) is 23.7 Å². The van der Waals surface area contributed by atoms with Gasteiger partial charge in [-0.1, -0.05) is 162 Å². The molecule has 0 aromatic rings. The molecule has 0 bridgehead atoms. The Labute approximate surface area is 407 Å². The summed E-state index contributed by atoms with van der Waals surface area (Å²) in [5, 5.41) is 86.6. The summed E-state index contributed by atoms with van der Waals surface area (Å²) < 4.78 is 22.6. The second-order valence-electron chi connectivity index (χ2n) is 17.6. The second-order valence-corrected chi connectivity index (χ2v) is 17.6. The van der Waals surface area contributed by atoms with Crippen LogP contribution in [0.15, 0.2) is 97.2 Å². The Hall–Kier alpha value is -3.09. The van der Waals surface area contributed by atoms with Gasteiger partial charge in [0.2, 0.25) is 5.91 Å². The average molecular weight is 960 g/mol. The standard InChI is InChI=1S/C54H89NO13/c1-3-5-7-9-11-13-15-16-17-18-19-20-21-22-23-24-25-26-28-30-32-34-36-38-46(59)55-42(43(58)37-35-33-31-29-27-14-12-10-8-6-4-2)41-65-53-51(64)49(62)52(45(40-57)67-53)68-54-50(63)48(61)47(60)44(39-56)66-54/h5,7,11,13,16-17,19-20,22-23,25-26,30,32,35,37,42-45,47-54,56-58,60-64H,3-4,6,8-10,12,14-15,18,21,24,27-29,31,33-34,36,38-41H2,1-2H3,(H,55,59)/b7-5-,13-11-,17-16-,20-19-,23-22-,26-25-,32-30-,37-35+. The Bertz CT molecular complexity index is 1510. The summed E-state index contributed by atoms with van der Waals surface area (Å²) >= 11 is 0. The molecule has 0 radical (unpaired) electrons. The number of hydrogen-bond donors (Lipinski definition) is 9. The van der Waals surface area contributed by atoms with Crippen molar-refractivity contribution in [1.82, 2.24) is 5.32 Å². The van der Waals surface area contributed by atoms with Crippen LogP contribution in [0, 0.1) is 0 Å². The predicted molar refractivity (Wildman–Crippen MR) is 267 cm³/mol. The summed E-state index contributed by atoms with van der Waals surface area (Å²) in [5.41, 5.74) is 0. The minimum absolute atomic E-state index is 0.195. The van der Waals surface area contributed by atoms with E-state index in [0.29, 0.717) is 12.8 Å². The molecule has 2 heterocycles. The van der Waals surface area contributed by atoms with Crippen LogP contribution in [0.5, 0.6) is 0 Å². The summed E-state index contributed by atoms with van der Waals surface area (Å²) in [4.78, 5) is 13.1. The van der Waals surface area contributed by atoms with E-state index < -0.39 is 86.8 Å². The third kappa shape index (κ3) is 26.2.